The summed E-state index contributed by atoms with van der Waals surface area (Å²) in [5, 5.41) is 11.1. The normalized spacial score (nSPS) is 12.3. The molecule has 2 aromatic carbocycles. The van der Waals surface area contributed by atoms with Crippen molar-refractivity contribution in [3.05, 3.63) is 76.7 Å². The molecule has 0 fully saturated rings. The van der Waals surface area contributed by atoms with E-state index in [1.165, 1.54) is 5.56 Å². The monoisotopic (exact) mass is 374 g/mol. The highest BCUT2D eigenvalue weighted by atomic mass is 16.2. The van der Waals surface area contributed by atoms with Gasteiger partial charge in [-0.15, -0.1) is 0 Å². The standard InChI is InChI=1S/C22H22N4O2/c1-15(21(27)23-13-7-10-16-8-3-2-4-9-16)26-19-12-6-5-11-17(19)18-14-24-25-22(28)20(18)26/h2-6,8-9,11-12,14-15H,7,10,13H2,1H3,(H,23,27)(H,25,28)/t15-/m0/s1. The van der Waals surface area contributed by atoms with Crippen molar-refractivity contribution >= 4 is 27.7 Å². The minimum Gasteiger partial charge on any atom is -0.354 e. The number of carbonyl (C=O) groups is 1. The molecule has 2 N–H and O–H groups in total. The minimum atomic E-state index is -0.511. The molecule has 0 aliphatic heterocycles. The number of para-hydroxylation sites is 1. The number of fused-ring (bicyclic) bond motifs is 3. The van der Waals surface area contributed by atoms with Crippen LogP contribution in [0.2, 0.25) is 0 Å². The fourth-order valence-electron chi connectivity index (χ4n) is 3.68. The van der Waals surface area contributed by atoms with Crippen LogP contribution in [-0.2, 0) is 11.2 Å². The highest BCUT2D eigenvalue weighted by Crippen LogP contribution is 2.29. The SMILES string of the molecule is C[C@@H](C(=O)NCCCc1ccccc1)n1c2ccccc2c2cn[nH]c(=O)c21. The Balaban J connectivity index is 1.55. The molecule has 6 heteroatoms. The van der Waals surface area contributed by atoms with Gasteiger partial charge in [0.2, 0.25) is 5.91 Å². The van der Waals surface area contributed by atoms with Gasteiger partial charge in [0.15, 0.2) is 0 Å². The van der Waals surface area contributed by atoms with Gasteiger partial charge < -0.3 is 9.88 Å². The zero-order valence-electron chi connectivity index (χ0n) is 15.7. The van der Waals surface area contributed by atoms with Crippen LogP contribution in [0.5, 0.6) is 0 Å². The molecule has 0 saturated heterocycles. The van der Waals surface area contributed by atoms with E-state index in [9.17, 15) is 9.59 Å². The lowest BCUT2D eigenvalue weighted by molar-refractivity contribution is -0.123. The zero-order valence-corrected chi connectivity index (χ0v) is 15.7. The third kappa shape index (κ3) is 3.29. The molecular weight excluding hydrogens is 352 g/mol. The van der Waals surface area contributed by atoms with E-state index in [-0.39, 0.29) is 11.5 Å². The van der Waals surface area contributed by atoms with Crippen molar-refractivity contribution in [2.45, 2.75) is 25.8 Å². The molecule has 4 rings (SSSR count). The topological polar surface area (TPSA) is 79.8 Å². The van der Waals surface area contributed by atoms with Gasteiger partial charge >= 0.3 is 0 Å². The maximum atomic E-state index is 12.8. The van der Waals surface area contributed by atoms with E-state index in [1.807, 2.05) is 49.4 Å². The van der Waals surface area contributed by atoms with Crippen LogP contribution < -0.4 is 10.9 Å². The molecule has 0 unspecified atom stereocenters. The first-order chi connectivity index (χ1) is 13.7. The fraction of sp³-hybridized carbons (Fsp3) is 0.227. The Morgan fingerprint density at radius 2 is 1.86 bits per heavy atom. The Hall–Kier alpha value is -3.41. The average molecular weight is 374 g/mol. The summed E-state index contributed by atoms with van der Waals surface area (Å²) in [5.41, 5.74) is 2.29. The van der Waals surface area contributed by atoms with Crippen LogP contribution in [0, 0.1) is 0 Å². The summed E-state index contributed by atoms with van der Waals surface area (Å²) in [5.74, 6) is -0.105. The second kappa shape index (κ2) is 7.68. The van der Waals surface area contributed by atoms with Crippen molar-refractivity contribution in [3.63, 3.8) is 0 Å². The van der Waals surface area contributed by atoms with Crippen molar-refractivity contribution in [2.24, 2.45) is 0 Å². The van der Waals surface area contributed by atoms with Gasteiger partial charge in [0.25, 0.3) is 5.56 Å². The third-order valence-corrected chi connectivity index (χ3v) is 5.08. The molecule has 0 spiro atoms. The van der Waals surface area contributed by atoms with E-state index in [1.54, 1.807) is 10.8 Å². The molecule has 1 amide bonds. The van der Waals surface area contributed by atoms with Crippen LogP contribution >= 0.6 is 0 Å². The van der Waals surface area contributed by atoms with Gasteiger partial charge in [0, 0.05) is 17.3 Å². The average Bonchev–Trinajstić information content (AvgIpc) is 3.07. The summed E-state index contributed by atoms with van der Waals surface area (Å²) in [6, 6.07) is 17.4. The highest BCUT2D eigenvalue weighted by molar-refractivity contribution is 6.08. The molecule has 0 aliphatic carbocycles. The Morgan fingerprint density at radius 3 is 2.68 bits per heavy atom. The predicted molar refractivity (Wildman–Crippen MR) is 110 cm³/mol. The van der Waals surface area contributed by atoms with Crippen molar-refractivity contribution in [2.75, 3.05) is 6.54 Å². The number of rotatable bonds is 6. The van der Waals surface area contributed by atoms with Gasteiger partial charge in [0.1, 0.15) is 11.6 Å². The Morgan fingerprint density at radius 1 is 1.11 bits per heavy atom. The summed E-state index contributed by atoms with van der Waals surface area (Å²) in [7, 11) is 0. The molecule has 28 heavy (non-hydrogen) atoms. The fourth-order valence-corrected chi connectivity index (χ4v) is 3.68. The van der Waals surface area contributed by atoms with Gasteiger partial charge in [0.05, 0.1) is 11.7 Å². The molecule has 0 radical (unpaired) electrons. The Kier molecular flexibility index (Phi) is 4.93. The zero-order chi connectivity index (χ0) is 19.5. The maximum absolute atomic E-state index is 12.8. The van der Waals surface area contributed by atoms with Crippen molar-refractivity contribution in [1.82, 2.24) is 20.1 Å². The van der Waals surface area contributed by atoms with Crippen molar-refractivity contribution in [3.8, 4) is 0 Å². The van der Waals surface area contributed by atoms with Gasteiger partial charge in [-0.2, -0.15) is 5.10 Å². The largest absolute Gasteiger partial charge is 0.354 e. The lowest BCUT2D eigenvalue weighted by Crippen LogP contribution is -2.32. The van der Waals surface area contributed by atoms with Gasteiger partial charge in [-0.1, -0.05) is 48.5 Å². The van der Waals surface area contributed by atoms with Gasteiger partial charge in [-0.3, -0.25) is 9.59 Å². The van der Waals surface area contributed by atoms with Crippen molar-refractivity contribution < 1.29 is 4.79 Å². The van der Waals surface area contributed by atoms with E-state index < -0.39 is 6.04 Å². The van der Waals surface area contributed by atoms with Gasteiger partial charge in [-0.05, 0) is 31.4 Å². The number of nitrogens with one attached hydrogen (secondary N) is 2. The quantitative estimate of drug-likeness (QED) is 0.509. The second-order valence-corrected chi connectivity index (χ2v) is 6.90. The minimum absolute atomic E-state index is 0.105. The smallest absolute Gasteiger partial charge is 0.288 e. The number of benzene rings is 2. The summed E-state index contributed by atoms with van der Waals surface area (Å²) in [4.78, 5) is 25.2. The first-order valence-corrected chi connectivity index (χ1v) is 9.45. The molecule has 142 valence electrons. The number of hydrogen-bond acceptors (Lipinski definition) is 3. The molecule has 0 bridgehead atoms. The van der Waals surface area contributed by atoms with Crippen molar-refractivity contribution in [1.29, 1.82) is 0 Å². The molecule has 2 heterocycles. The first kappa shape index (κ1) is 18.0. The summed E-state index contributed by atoms with van der Waals surface area (Å²) in [6.07, 6.45) is 3.41. The molecule has 0 aliphatic rings. The Labute approximate surface area is 162 Å². The maximum Gasteiger partial charge on any atom is 0.288 e. The number of amides is 1. The van der Waals surface area contributed by atoms with E-state index in [0.717, 1.165) is 29.1 Å². The third-order valence-electron chi connectivity index (χ3n) is 5.08. The van der Waals surface area contributed by atoms with Crippen LogP contribution in [-0.4, -0.2) is 27.2 Å². The van der Waals surface area contributed by atoms with Crippen LogP contribution in [0.4, 0.5) is 0 Å². The highest BCUT2D eigenvalue weighted by Gasteiger charge is 2.22. The molecule has 2 aromatic heterocycles. The van der Waals surface area contributed by atoms with Crippen LogP contribution in [0.1, 0.15) is 24.9 Å². The summed E-state index contributed by atoms with van der Waals surface area (Å²) >= 11 is 0. The van der Waals surface area contributed by atoms with E-state index in [2.05, 4.69) is 27.6 Å². The van der Waals surface area contributed by atoms with E-state index in [0.29, 0.717) is 12.1 Å². The number of carbonyl (C=O) groups excluding carboxylic acids is 1. The first-order valence-electron chi connectivity index (χ1n) is 9.45. The number of aromatic nitrogens is 3. The van der Waals surface area contributed by atoms with Crippen LogP contribution in [0.3, 0.4) is 0 Å². The summed E-state index contributed by atoms with van der Waals surface area (Å²) in [6.45, 7) is 2.41. The Bertz CT molecular complexity index is 1180. The van der Waals surface area contributed by atoms with E-state index in [4.69, 9.17) is 0 Å². The number of aromatic amines is 1. The lowest BCUT2D eigenvalue weighted by Gasteiger charge is -2.16. The molecular formula is C22H22N4O2. The van der Waals surface area contributed by atoms with Crippen LogP contribution in [0.25, 0.3) is 21.8 Å². The molecule has 0 saturated carbocycles. The van der Waals surface area contributed by atoms with Gasteiger partial charge in [-0.25, -0.2) is 5.10 Å². The number of H-pyrrole nitrogens is 1. The lowest BCUT2D eigenvalue weighted by atomic mass is 10.1. The second-order valence-electron chi connectivity index (χ2n) is 6.90. The number of aryl methyl sites for hydroxylation is 1. The molecule has 4 aromatic rings. The van der Waals surface area contributed by atoms with Crippen LogP contribution in [0.15, 0.2) is 65.6 Å². The number of nitrogens with zero attached hydrogens (tertiary/aromatic N) is 2. The molecule has 6 nitrogen and oxygen atoms in total. The number of hydrogen-bond donors (Lipinski definition) is 2. The van der Waals surface area contributed by atoms with E-state index >= 15 is 0 Å². The predicted octanol–water partition coefficient (Wildman–Crippen LogP) is 3.19. The molecule has 1 atom stereocenters. The summed E-state index contributed by atoms with van der Waals surface area (Å²) < 4.78 is 1.80.